The molecule has 0 bridgehead atoms. The van der Waals surface area contributed by atoms with Gasteiger partial charge in [-0.25, -0.2) is 0 Å². The molecule has 7 rings (SSSR count). The predicted octanol–water partition coefficient (Wildman–Crippen LogP) is 9.85. The van der Waals surface area contributed by atoms with Gasteiger partial charge in [-0.1, -0.05) is 68.4 Å². The van der Waals surface area contributed by atoms with E-state index in [0.29, 0.717) is 0 Å². The quantitative estimate of drug-likeness (QED) is 0.237. The fourth-order valence-corrected chi connectivity index (χ4v) is 6.28. The highest BCUT2D eigenvalue weighted by Crippen LogP contribution is 2.53. The van der Waals surface area contributed by atoms with E-state index >= 15 is 0 Å². The minimum absolute atomic E-state index is 0.142. The van der Waals surface area contributed by atoms with Crippen LogP contribution in [0.15, 0.2) is 103 Å². The van der Waals surface area contributed by atoms with E-state index in [1.807, 2.05) is 18.2 Å². The van der Waals surface area contributed by atoms with Crippen LogP contribution in [0.3, 0.4) is 0 Å². The summed E-state index contributed by atoms with van der Waals surface area (Å²) in [5.74, 6) is 1.79. The fraction of sp³-hybridized carbons (Fsp3) is 0.167. The van der Waals surface area contributed by atoms with Gasteiger partial charge in [0.25, 0.3) is 0 Å². The highest BCUT2D eigenvalue weighted by Gasteiger charge is 2.37. The van der Waals surface area contributed by atoms with Gasteiger partial charge in [0.1, 0.15) is 11.5 Å². The Balaban J connectivity index is 1.49. The molecular formula is C36H32N2O. The first-order valence-corrected chi connectivity index (χ1v) is 13.6. The van der Waals surface area contributed by atoms with E-state index in [-0.39, 0.29) is 5.41 Å². The molecule has 0 radical (unpaired) electrons. The molecule has 0 aliphatic carbocycles. The maximum atomic E-state index is 6.43. The summed E-state index contributed by atoms with van der Waals surface area (Å²) >= 11 is 0. The summed E-state index contributed by atoms with van der Waals surface area (Å²) in [5, 5.41) is 2.50. The van der Waals surface area contributed by atoms with Crippen LogP contribution in [0.2, 0.25) is 0 Å². The van der Waals surface area contributed by atoms with E-state index in [2.05, 4.69) is 129 Å². The van der Waals surface area contributed by atoms with Crippen molar-refractivity contribution in [2.24, 2.45) is 7.05 Å². The van der Waals surface area contributed by atoms with Crippen molar-refractivity contribution in [3.63, 3.8) is 0 Å². The largest absolute Gasteiger partial charge is 0.457 e. The maximum absolute atomic E-state index is 6.43. The average Bonchev–Trinajstić information content (AvgIpc) is 3.20. The van der Waals surface area contributed by atoms with Crippen molar-refractivity contribution in [2.75, 3.05) is 4.90 Å². The van der Waals surface area contributed by atoms with Gasteiger partial charge in [-0.3, -0.25) is 0 Å². The molecular weight excluding hydrogens is 476 g/mol. The summed E-state index contributed by atoms with van der Waals surface area (Å²) in [7, 11) is 2.17. The second kappa shape index (κ2) is 8.51. The summed E-state index contributed by atoms with van der Waals surface area (Å²) in [6.07, 6.45) is 0. The number of hydrogen-bond donors (Lipinski definition) is 0. The number of nitrogens with zero attached hydrogens (tertiary/aromatic N) is 2. The van der Waals surface area contributed by atoms with E-state index < -0.39 is 0 Å². The second-order valence-electron chi connectivity index (χ2n) is 11.3. The predicted molar refractivity (Wildman–Crippen MR) is 163 cm³/mol. The highest BCUT2D eigenvalue weighted by molar-refractivity contribution is 6.11. The molecule has 192 valence electrons. The number of fused-ring (bicyclic) bond motifs is 5. The van der Waals surface area contributed by atoms with Crippen molar-refractivity contribution in [1.29, 1.82) is 0 Å². The van der Waals surface area contributed by atoms with Crippen molar-refractivity contribution < 1.29 is 4.74 Å². The molecule has 0 unspecified atom stereocenters. The number of hydrogen-bond acceptors (Lipinski definition) is 2. The molecule has 1 aromatic heterocycles. The fourth-order valence-electron chi connectivity index (χ4n) is 6.28. The molecule has 2 heterocycles. The lowest BCUT2D eigenvalue weighted by atomic mass is 9.73. The summed E-state index contributed by atoms with van der Waals surface area (Å²) in [6.45, 7) is 8.92. The zero-order valence-corrected chi connectivity index (χ0v) is 23.1. The minimum Gasteiger partial charge on any atom is -0.457 e. The Morgan fingerprint density at radius 2 is 1.26 bits per heavy atom. The summed E-state index contributed by atoms with van der Waals surface area (Å²) in [6, 6.07) is 37.0. The first kappa shape index (κ1) is 23.6. The topological polar surface area (TPSA) is 17.4 Å². The molecule has 39 heavy (non-hydrogen) atoms. The number of aromatic nitrogens is 1. The Bertz CT molecular complexity index is 1900. The van der Waals surface area contributed by atoms with Crippen LogP contribution >= 0.6 is 0 Å². The number of anilines is 3. The van der Waals surface area contributed by atoms with E-state index in [1.165, 1.54) is 50.0 Å². The van der Waals surface area contributed by atoms with Crippen molar-refractivity contribution in [3.05, 3.63) is 125 Å². The van der Waals surface area contributed by atoms with Crippen LogP contribution in [0, 0.1) is 13.8 Å². The lowest BCUT2D eigenvalue weighted by Gasteiger charge is -2.42. The molecule has 0 saturated heterocycles. The van der Waals surface area contributed by atoms with Crippen molar-refractivity contribution in [2.45, 2.75) is 33.1 Å². The molecule has 6 aromatic rings. The third-order valence-corrected chi connectivity index (χ3v) is 8.48. The van der Waals surface area contributed by atoms with Crippen LogP contribution in [0.25, 0.3) is 21.8 Å². The number of ether oxygens (including phenoxy) is 1. The first-order chi connectivity index (χ1) is 18.8. The van der Waals surface area contributed by atoms with Crippen LogP contribution in [0.4, 0.5) is 17.1 Å². The zero-order chi connectivity index (χ0) is 26.9. The van der Waals surface area contributed by atoms with Gasteiger partial charge in [-0.2, -0.15) is 0 Å². The van der Waals surface area contributed by atoms with Crippen LogP contribution in [-0.4, -0.2) is 4.57 Å². The van der Waals surface area contributed by atoms with Crippen LogP contribution in [-0.2, 0) is 12.5 Å². The molecule has 1 aliphatic rings. The van der Waals surface area contributed by atoms with E-state index in [9.17, 15) is 0 Å². The van der Waals surface area contributed by atoms with Crippen molar-refractivity contribution in [1.82, 2.24) is 4.57 Å². The van der Waals surface area contributed by atoms with E-state index in [0.717, 1.165) is 22.6 Å². The van der Waals surface area contributed by atoms with Gasteiger partial charge in [0.15, 0.2) is 0 Å². The summed E-state index contributed by atoms with van der Waals surface area (Å²) < 4.78 is 8.75. The number of para-hydroxylation sites is 3. The molecule has 0 saturated carbocycles. The average molecular weight is 509 g/mol. The van der Waals surface area contributed by atoms with Crippen LogP contribution in [0.1, 0.15) is 36.1 Å². The molecule has 1 aliphatic heterocycles. The lowest BCUT2D eigenvalue weighted by molar-refractivity contribution is 0.476. The van der Waals surface area contributed by atoms with Crippen molar-refractivity contribution in [3.8, 4) is 11.5 Å². The number of benzene rings is 5. The highest BCUT2D eigenvalue weighted by atomic mass is 16.5. The lowest BCUT2D eigenvalue weighted by Crippen LogP contribution is -2.30. The van der Waals surface area contributed by atoms with Gasteiger partial charge in [0.05, 0.1) is 16.9 Å². The van der Waals surface area contributed by atoms with E-state index in [1.54, 1.807) is 0 Å². The molecule has 0 amide bonds. The van der Waals surface area contributed by atoms with Crippen molar-refractivity contribution >= 4 is 38.9 Å². The Kier molecular flexibility index (Phi) is 5.15. The molecule has 3 heteroatoms. The van der Waals surface area contributed by atoms with E-state index in [4.69, 9.17) is 4.74 Å². The van der Waals surface area contributed by atoms with Gasteiger partial charge in [0, 0.05) is 40.5 Å². The smallest absolute Gasteiger partial charge is 0.132 e. The SMILES string of the molecule is Cc1ccccc1Oc1cc2c(cc1C)c1cc3c(cc1n2C)C(C)(C)c1ccccc1N3c1ccccc1. The zero-order valence-electron chi connectivity index (χ0n) is 23.1. The van der Waals surface area contributed by atoms with Gasteiger partial charge < -0.3 is 14.2 Å². The Hall–Kier alpha value is -4.50. The Labute approximate surface area is 229 Å². The molecule has 0 fully saturated rings. The summed E-state index contributed by atoms with van der Waals surface area (Å²) in [4.78, 5) is 2.43. The van der Waals surface area contributed by atoms with Gasteiger partial charge in [0.2, 0.25) is 0 Å². The van der Waals surface area contributed by atoms with Gasteiger partial charge >= 0.3 is 0 Å². The normalized spacial score (nSPS) is 13.9. The number of rotatable bonds is 3. The molecule has 5 aromatic carbocycles. The standard InChI is InChI=1S/C36H32N2O/c1-23-13-9-12-18-34(23)39-35-22-32-26(19-24(35)2)27-20-33-29(21-31(27)37(32)5)36(3,4)28-16-10-11-17-30(28)38(33)25-14-7-6-8-15-25/h6-22H,1-5H3. The van der Waals surface area contributed by atoms with Crippen LogP contribution in [0.5, 0.6) is 11.5 Å². The third kappa shape index (κ3) is 3.50. The Morgan fingerprint density at radius 3 is 2.05 bits per heavy atom. The molecule has 0 atom stereocenters. The van der Waals surface area contributed by atoms with Crippen LogP contribution < -0.4 is 9.64 Å². The monoisotopic (exact) mass is 508 g/mol. The Morgan fingerprint density at radius 1 is 0.590 bits per heavy atom. The summed E-state index contributed by atoms with van der Waals surface area (Å²) in [5.41, 5.74) is 10.8. The third-order valence-electron chi connectivity index (χ3n) is 8.48. The first-order valence-electron chi connectivity index (χ1n) is 13.6. The van der Waals surface area contributed by atoms with Gasteiger partial charge in [-0.15, -0.1) is 0 Å². The molecule has 3 nitrogen and oxygen atoms in total. The maximum Gasteiger partial charge on any atom is 0.132 e. The molecule has 0 spiro atoms. The molecule has 0 N–H and O–H groups in total. The number of aryl methyl sites for hydroxylation is 3. The van der Waals surface area contributed by atoms with Gasteiger partial charge in [-0.05, 0) is 78.6 Å². The second-order valence-corrected chi connectivity index (χ2v) is 11.3. The minimum atomic E-state index is -0.142.